The molecule has 0 aliphatic carbocycles. The first kappa shape index (κ1) is 21.1. The number of nitrogens with zero attached hydrogens (tertiary/aromatic N) is 1. The molecule has 4 N–H and O–H groups in total. The minimum atomic E-state index is -3.16. The summed E-state index contributed by atoms with van der Waals surface area (Å²) in [7, 11) is -3.16. The van der Waals surface area contributed by atoms with Crippen molar-refractivity contribution < 1.29 is 13.5 Å². The van der Waals surface area contributed by atoms with Crippen molar-refractivity contribution in [2.75, 3.05) is 39.0 Å². The Morgan fingerprint density at radius 1 is 1.23 bits per heavy atom. The van der Waals surface area contributed by atoms with Crippen molar-refractivity contribution >= 4 is 16.0 Å². The van der Waals surface area contributed by atoms with Crippen LogP contribution >= 0.6 is 0 Å². The van der Waals surface area contributed by atoms with E-state index in [1.165, 1.54) is 0 Å². The Labute approximate surface area is 135 Å². The molecule has 1 unspecified atom stereocenters. The monoisotopic (exact) mass is 336 g/mol. The zero-order valence-electron chi connectivity index (χ0n) is 14.2. The summed E-state index contributed by atoms with van der Waals surface area (Å²) in [6.45, 7) is 8.64. The van der Waals surface area contributed by atoms with Gasteiger partial charge in [0.05, 0.1) is 6.26 Å². The highest BCUT2D eigenvalue weighted by molar-refractivity contribution is 7.88. The molecule has 0 saturated heterocycles. The quantitative estimate of drug-likeness (QED) is 0.244. The molecule has 0 amide bonds. The van der Waals surface area contributed by atoms with Crippen molar-refractivity contribution in [2.45, 2.75) is 33.6 Å². The standard InChI is InChI=1S/C14H32N4O3S/c1-5-15-14(16-7-8-18-22(4,20)21)17-11-13(6-9-19)10-12(2)3/h12-13,18-19H,5-11H2,1-4H3,(H2,15,16,17). The average Bonchev–Trinajstić information content (AvgIpc) is 2.39. The highest BCUT2D eigenvalue weighted by Gasteiger charge is 2.10. The average molecular weight is 337 g/mol. The third-order valence-corrected chi connectivity index (χ3v) is 3.70. The number of aliphatic hydroxyl groups is 1. The number of sulfonamides is 1. The summed E-state index contributed by atoms with van der Waals surface area (Å²) >= 11 is 0. The minimum absolute atomic E-state index is 0.176. The fourth-order valence-electron chi connectivity index (χ4n) is 2.11. The number of guanidine groups is 1. The van der Waals surface area contributed by atoms with E-state index in [1.54, 1.807) is 0 Å². The molecule has 0 aromatic heterocycles. The normalized spacial score (nSPS) is 14.2. The van der Waals surface area contributed by atoms with E-state index in [1.807, 2.05) is 6.92 Å². The summed E-state index contributed by atoms with van der Waals surface area (Å²) in [4.78, 5) is 4.53. The van der Waals surface area contributed by atoms with Gasteiger partial charge in [0.15, 0.2) is 5.96 Å². The number of rotatable bonds is 11. The van der Waals surface area contributed by atoms with Crippen LogP contribution in [0.5, 0.6) is 0 Å². The van der Waals surface area contributed by atoms with Gasteiger partial charge in [-0.05, 0) is 31.6 Å². The lowest BCUT2D eigenvalue weighted by Crippen LogP contribution is -2.41. The molecule has 0 rings (SSSR count). The molecule has 0 heterocycles. The molecule has 0 aliphatic heterocycles. The Morgan fingerprint density at radius 3 is 2.41 bits per heavy atom. The Kier molecular flexibility index (Phi) is 11.2. The first-order chi connectivity index (χ1) is 10.3. The first-order valence-corrected chi connectivity index (χ1v) is 9.75. The minimum Gasteiger partial charge on any atom is -0.396 e. The van der Waals surface area contributed by atoms with Crippen LogP contribution in [0.1, 0.15) is 33.6 Å². The molecule has 0 fully saturated rings. The molecule has 1 atom stereocenters. The van der Waals surface area contributed by atoms with Crippen LogP contribution in [0.25, 0.3) is 0 Å². The van der Waals surface area contributed by atoms with Gasteiger partial charge in [0.1, 0.15) is 0 Å². The summed E-state index contributed by atoms with van der Waals surface area (Å²) in [5, 5.41) is 15.3. The van der Waals surface area contributed by atoms with Crippen LogP contribution in [0.15, 0.2) is 4.99 Å². The lowest BCUT2D eigenvalue weighted by atomic mass is 9.94. The first-order valence-electron chi connectivity index (χ1n) is 7.86. The molecule has 0 aromatic carbocycles. The van der Waals surface area contributed by atoms with Crippen molar-refractivity contribution in [2.24, 2.45) is 16.8 Å². The van der Waals surface area contributed by atoms with Crippen molar-refractivity contribution in [3.63, 3.8) is 0 Å². The van der Waals surface area contributed by atoms with Gasteiger partial charge in [0, 0.05) is 32.8 Å². The third kappa shape index (κ3) is 12.8. The van der Waals surface area contributed by atoms with Crippen LogP contribution in [0, 0.1) is 11.8 Å². The fraction of sp³-hybridized carbons (Fsp3) is 0.929. The smallest absolute Gasteiger partial charge is 0.208 e. The molecule has 22 heavy (non-hydrogen) atoms. The van der Waals surface area contributed by atoms with Gasteiger partial charge in [0.2, 0.25) is 10.0 Å². The van der Waals surface area contributed by atoms with E-state index in [0.29, 0.717) is 37.4 Å². The van der Waals surface area contributed by atoms with Gasteiger partial charge in [-0.15, -0.1) is 0 Å². The fourth-order valence-corrected chi connectivity index (χ4v) is 2.59. The molecule has 0 aliphatic rings. The van der Waals surface area contributed by atoms with E-state index >= 15 is 0 Å². The summed E-state index contributed by atoms with van der Waals surface area (Å²) < 4.78 is 24.4. The second-order valence-corrected chi connectivity index (χ2v) is 7.65. The van der Waals surface area contributed by atoms with Crippen molar-refractivity contribution in [3.05, 3.63) is 0 Å². The maximum absolute atomic E-state index is 11.0. The summed E-state index contributed by atoms with van der Waals surface area (Å²) in [6, 6.07) is 0. The van der Waals surface area contributed by atoms with Crippen LogP contribution in [0.4, 0.5) is 0 Å². The number of nitrogens with one attached hydrogen (secondary N) is 3. The molecule has 132 valence electrons. The van der Waals surface area contributed by atoms with Crippen LogP contribution in [0.2, 0.25) is 0 Å². The molecule has 7 nitrogen and oxygen atoms in total. The van der Waals surface area contributed by atoms with Gasteiger partial charge in [-0.25, -0.2) is 13.1 Å². The largest absolute Gasteiger partial charge is 0.396 e. The summed E-state index contributed by atoms with van der Waals surface area (Å²) in [6.07, 6.45) is 2.91. The van der Waals surface area contributed by atoms with Gasteiger partial charge in [-0.2, -0.15) is 0 Å². The lowest BCUT2D eigenvalue weighted by molar-refractivity contribution is 0.245. The van der Waals surface area contributed by atoms with E-state index in [9.17, 15) is 8.42 Å². The summed E-state index contributed by atoms with van der Waals surface area (Å²) in [5.74, 6) is 1.60. The molecule has 0 bridgehead atoms. The van der Waals surface area contributed by atoms with Gasteiger partial charge in [0.25, 0.3) is 0 Å². The van der Waals surface area contributed by atoms with E-state index in [2.05, 4.69) is 34.2 Å². The second kappa shape index (κ2) is 11.7. The molecule has 8 heteroatoms. The predicted molar refractivity (Wildman–Crippen MR) is 91.5 cm³/mol. The molecular weight excluding hydrogens is 304 g/mol. The van der Waals surface area contributed by atoms with E-state index in [-0.39, 0.29) is 6.61 Å². The molecule has 0 aromatic rings. The van der Waals surface area contributed by atoms with Gasteiger partial charge in [-0.3, -0.25) is 4.99 Å². The zero-order valence-corrected chi connectivity index (χ0v) is 15.0. The van der Waals surface area contributed by atoms with Crippen LogP contribution in [-0.2, 0) is 10.0 Å². The Bertz CT molecular complexity index is 410. The maximum Gasteiger partial charge on any atom is 0.208 e. The van der Waals surface area contributed by atoms with Crippen LogP contribution in [0.3, 0.4) is 0 Å². The van der Waals surface area contributed by atoms with Crippen molar-refractivity contribution in [1.29, 1.82) is 0 Å². The van der Waals surface area contributed by atoms with Gasteiger partial charge < -0.3 is 15.7 Å². The molecule has 0 spiro atoms. The lowest BCUT2D eigenvalue weighted by Gasteiger charge is -2.17. The third-order valence-electron chi connectivity index (χ3n) is 2.98. The Balaban J connectivity index is 4.37. The summed E-state index contributed by atoms with van der Waals surface area (Å²) in [5.41, 5.74) is 0. The van der Waals surface area contributed by atoms with Crippen LogP contribution in [-0.4, -0.2) is 58.5 Å². The second-order valence-electron chi connectivity index (χ2n) is 5.82. The molecule has 0 radical (unpaired) electrons. The van der Waals surface area contributed by atoms with E-state index < -0.39 is 10.0 Å². The maximum atomic E-state index is 11.0. The van der Waals surface area contributed by atoms with Crippen molar-refractivity contribution in [1.82, 2.24) is 15.4 Å². The van der Waals surface area contributed by atoms with Gasteiger partial charge >= 0.3 is 0 Å². The Hall–Kier alpha value is -0.860. The Morgan fingerprint density at radius 2 is 1.91 bits per heavy atom. The van der Waals surface area contributed by atoms with E-state index in [4.69, 9.17) is 5.11 Å². The van der Waals surface area contributed by atoms with Crippen molar-refractivity contribution in [3.8, 4) is 0 Å². The number of hydrogen-bond donors (Lipinski definition) is 4. The highest BCUT2D eigenvalue weighted by Crippen LogP contribution is 2.15. The molecular formula is C14H32N4O3S. The predicted octanol–water partition coefficient (Wildman–Crippen LogP) is 0.135. The number of aliphatic hydroxyl groups excluding tert-OH is 1. The highest BCUT2D eigenvalue weighted by atomic mass is 32.2. The van der Waals surface area contributed by atoms with Crippen LogP contribution < -0.4 is 15.4 Å². The molecule has 0 saturated carbocycles. The van der Waals surface area contributed by atoms with Gasteiger partial charge in [-0.1, -0.05) is 13.8 Å². The number of hydrogen-bond acceptors (Lipinski definition) is 4. The topological polar surface area (TPSA) is 103 Å². The SMILES string of the molecule is CCNC(=NCC(CCO)CC(C)C)NCCNS(C)(=O)=O. The number of aliphatic imine (C=N–C) groups is 1. The zero-order chi connectivity index (χ0) is 17.0. The van der Waals surface area contributed by atoms with E-state index in [0.717, 1.165) is 25.6 Å².